The highest BCUT2D eigenvalue weighted by Crippen LogP contribution is 2.42. The van der Waals surface area contributed by atoms with Gasteiger partial charge in [-0.25, -0.2) is 0 Å². The van der Waals surface area contributed by atoms with E-state index in [4.69, 9.17) is 5.11 Å². The lowest BCUT2D eigenvalue weighted by molar-refractivity contribution is -0.142. The summed E-state index contributed by atoms with van der Waals surface area (Å²) in [5.41, 5.74) is -4.43. The molecular formula is C12H7F6N2O. The predicted molar refractivity (Wildman–Crippen MR) is 59.1 cm³/mol. The summed E-state index contributed by atoms with van der Waals surface area (Å²) in [4.78, 5) is 0. The maximum atomic E-state index is 12.9. The second-order valence-electron chi connectivity index (χ2n) is 4.18. The molecule has 1 aromatic carbocycles. The van der Waals surface area contributed by atoms with E-state index in [1.165, 1.54) is 0 Å². The number of benzene rings is 1. The predicted octanol–water partition coefficient (Wildman–Crippen LogP) is 3.63. The lowest BCUT2D eigenvalue weighted by Gasteiger charge is -2.13. The molecule has 2 aromatic rings. The van der Waals surface area contributed by atoms with E-state index in [1.54, 1.807) is 0 Å². The number of hydrogen-bond acceptors (Lipinski definition) is 2. The van der Waals surface area contributed by atoms with Crippen LogP contribution in [0.1, 0.15) is 11.3 Å². The number of hydrogen-bond donors (Lipinski definition) is 1. The Kier molecular flexibility index (Phi) is 3.38. The molecule has 0 saturated heterocycles. The Hall–Kier alpha value is -2.19. The van der Waals surface area contributed by atoms with Crippen molar-refractivity contribution in [3.63, 3.8) is 0 Å². The molecule has 0 aliphatic carbocycles. The molecule has 21 heavy (non-hydrogen) atoms. The lowest BCUT2D eigenvalue weighted by atomic mass is 9.99. The molecule has 0 atom stereocenters. The van der Waals surface area contributed by atoms with Crippen LogP contribution in [-0.4, -0.2) is 14.9 Å². The first kappa shape index (κ1) is 15.2. The fourth-order valence-corrected chi connectivity index (χ4v) is 1.81. The van der Waals surface area contributed by atoms with Crippen molar-refractivity contribution in [2.24, 2.45) is 7.05 Å². The molecule has 2 rings (SSSR count). The number of aromatic hydroxyl groups is 1. The summed E-state index contributed by atoms with van der Waals surface area (Å²) in [6.07, 6.45) is -7.75. The van der Waals surface area contributed by atoms with E-state index in [0.717, 1.165) is 19.2 Å². The van der Waals surface area contributed by atoms with Crippen LogP contribution in [0.4, 0.5) is 26.3 Å². The van der Waals surface area contributed by atoms with E-state index in [2.05, 4.69) is 11.3 Å². The van der Waals surface area contributed by atoms with Crippen LogP contribution in [0, 0.1) is 6.20 Å². The molecule has 0 amide bonds. The van der Waals surface area contributed by atoms with Crippen LogP contribution in [0.2, 0.25) is 0 Å². The number of phenols is 1. The summed E-state index contributed by atoms with van der Waals surface area (Å²) in [5, 5.41) is 12.2. The van der Waals surface area contributed by atoms with E-state index in [1.807, 2.05) is 0 Å². The second kappa shape index (κ2) is 4.68. The molecule has 1 heterocycles. The van der Waals surface area contributed by atoms with E-state index >= 15 is 0 Å². The largest absolute Gasteiger partial charge is 0.508 e. The average Bonchev–Trinajstić information content (AvgIpc) is 2.70. The van der Waals surface area contributed by atoms with E-state index in [9.17, 15) is 26.3 Å². The first-order valence-corrected chi connectivity index (χ1v) is 5.44. The molecule has 113 valence electrons. The smallest absolute Gasteiger partial charge is 0.435 e. The summed E-state index contributed by atoms with van der Waals surface area (Å²) in [5.74, 6) is -0.705. The zero-order valence-corrected chi connectivity index (χ0v) is 10.3. The Morgan fingerprint density at radius 2 is 1.71 bits per heavy atom. The van der Waals surface area contributed by atoms with E-state index in [-0.39, 0.29) is 0 Å². The van der Waals surface area contributed by atoms with Gasteiger partial charge in [-0.3, -0.25) is 4.68 Å². The summed E-state index contributed by atoms with van der Waals surface area (Å²) < 4.78 is 77.9. The van der Waals surface area contributed by atoms with Crippen molar-refractivity contribution in [3.8, 4) is 16.9 Å². The van der Waals surface area contributed by atoms with Crippen LogP contribution in [-0.2, 0) is 19.4 Å². The molecule has 3 nitrogen and oxygen atoms in total. The Bertz CT molecular complexity index is 671. The fraction of sp³-hybridized carbons (Fsp3) is 0.250. The minimum atomic E-state index is -4.93. The van der Waals surface area contributed by atoms with Gasteiger partial charge >= 0.3 is 12.4 Å². The van der Waals surface area contributed by atoms with Gasteiger partial charge in [-0.1, -0.05) is 0 Å². The molecule has 0 aliphatic heterocycles. The number of alkyl halides is 6. The summed E-state index contributed by atoms with van der Waals surface area (Å²) in [7, 11) is 1.12. The van der Waals surface area contributed by atoms with Crippen molar-refractivity contribution in [1.29, 1.82) is 0 Å². The molecule has 0 aliphatic rings. The fourth-order valence-electron chi connectivity index (χ4n) is 1.81. The van der Waals surface area contributed by atoms with Crippen molar-refractivity contribution in [2.75, 3.05) is 0 Å². The van der Waals surface area contributed by atoms with Gasteiger partial charge in [0.05, 0.1) is 11.8 Å². The first-order chi connectivity index (χ1) is 9.50. The Morgan fingerprint density at radius 1 is 1.10 bits per heavy atom. The third-order valence-corrected chi connectivity index (χ3v) is 2.61. The molecular weight excluding hydrogens is 302 g/mol. The summed E-state index contributed by atoms with van der Waals surface area (Å²) >= 11 is 0. The SMILES string of the molecule is Cn1[c]c(-c2ccc(O)cc2C(F)(F)F)c(C(F)(F)F)n1. The van der Waals surface area contributed by atoms with Crippen molar-refractivity contribution in [3.05, 3.63) is 35.7 Å². The van der Waals surface area contributed by atoms with Gasteiger partial charge in [0.15, 0.2) is 5.69 Å². The molecule has 1 radical (unpaired) electrons. The van der Waals surface area contributed by atoms with Crippen LogP contribution in [0.15, 0.2) is 18.2 Å². The van der Waals surface area contributed by atoms with E-state index < -0.39 is 40.5 Å². The van der Waals surface area contributed by atoms with Gasteiger partial charge in [-0.2, -0.15) is 31.4 Å². The van der Waals surface area contributed by atoms with Gasteiger partial charge in [-0.15, -0.1) is 0 Å². The number of rotatable bonds is 1. The molecule has 0 unspecified atom stereocenters. The minimum Gasteiger partial charge on any atom is -0.508 e. The zero-order valence-electron chi connectivity index (χ0n) is 10.3. The standard InChI is InChI=1S/C12H7F6N2O/c1-20-5-8(10(19-20)12(16,17)18)7-3-2-6(21)4-9(7)11(13,14)15/h2-4,21H,1H3. The number of nitrogens with zero attached hydrogens (tertiary/aromatic N) is 2. The molecule has 0 saturated carbocycles. The van der Waals surface area contributed by atoms with Crippen LogP contribution < -0.4 is 0 Å². The molecule has 0 bridgehead atoms. The van der Waals surface area contributed by atoms with Gasteiger partial charge in [-0.05, 0) is 23.8 Å². The maximum absolute atomic E-state index is 12.9. The number of aryl methyl sites for hydroxylation is 1. The van der Waals surface area contributed by atoms with Crippen molar-refractivity contribution < 1.29 is 31.4 Å². The molecule has 0 spiro atoms. The Balaban J connectivity index is 2.74. The average molecular weight is 309 g/mol. The van der Waals surface area contributed by atoms with Gasteiger partial charge in [0, 0.05) is 12.6 Å². The molecule has 1 aromatic heterocycles. The lowest BCUT2D eigenvalue weighted by Crippen LogP contribution is -2.11. The van der Waals surface area contributed by atoms with Gasteiger partial charge in [0.2, 0.25) is 0 Å². The van der Waals surface area contributed by atoms with E-state index in [0.29, 0.717) is 10.7 Å². The number of phenolic OH excluding ortho intramolecular Hbond substituents is 1. The Labute approximate surface area is 114 Å². The minimum absolute atomic E-state index is 0.357. The topological polar surface area (TPSA) is 38.0 Å². The third-order valence-electron chi connectivity index (χ3n) is 2.61. The highest BCUT2D eigenvalue weighted by molar-refractivity contribution is 5.70. The highest BCUT2D eigenvalue weighted by Gasteiger charge is 2.41. The van der Waals surface area contributed by atoms with Gasteiger partial charge < -0.3 is 5.11 Å². The van der Waals surface area contributed by atoms with Gasteiger partial charge in [0.25, 0.3) is 0 Å². The molecule has 9 heteroatoms. The first-order valence-electron chi connectivity index (χ1n) is 5.44. The van der Waals surface area contributed by atoms with Crippen LogP contribution in [0.3, 0.4) is 0 Å². The van der Waals surface area contributed by atoms with Crippen molar-refractivity contribution >= 4 is 0 Å². The van der Waals surface area contributed by atoms with Crippen LogP contribution in [0.25, 0.3) is 11.1 Å². The van der Waals surface area contributed by atoms with Gasteiger partial charge in [0.1, 0.15) is 5.75 Å². The Morgan fingerprint density at radius 3 is 2.24 bits per heavy atom. The van der Waals surface area contributed by atoms with Crippen LogP contribution in [0.5, 0.6) is 5.75 Å². The quantitative estimate of drug-likeness (QED) is 0.817. The second-order valence-corrected chi connectivity index (χ2v) is 4.18. The molecule has 0 fully saturated rings. The number of aromatic nitrogens is 2. The van der Waals surface area contributed by atoms with Crippen LogP contribution >= 0.6 is 0 Å². The number of halogens is 6. The molecule has 1 N–H and O–H groups in total. The monoisotopic (exact) mass is 309 g/mol. The summed E-state index contributed by atoms with van der Waals surface area (Å²) in [6.45, 7) is 0. The normalized spacial score (nSPS) is 12.7. The third kappa shape index (κ3) is 2.96. The zero-order chi connectivity index (χ0) is 16.0. The maximum Gasteiger partial charge on any atom is 0.435 e. The van der Waals surface area contributed by atoms with Crippen molar-refractivity contribution in [1.82, 2.24) is 9.78 Å². The van der Waals surface area contributed by atoms with Crippen molar-refractivity contribution in [2.45, 2.75) is 12.4 Å². The summed E-state index contributed by atoms with van der Waals surface area (Å²) in [6, 6.07) is 1.98. The highest BCUT2D eigenvalue weighted by atomic mass is 19.4.